The van der Waals surface area contributed by atoms with Crippen LogP contribution in [0.25, 0.3) is 0 Å². The van der Waals surface area contributed by atoms with Crippen LogP contribution >= 0.6 is 11.3 Å². The normalized spacial score (nSPS) is 10.4. The second-order valence-corrected chi connectivity index (χ2v) is 7.67. The van der Waals surface area contributed by atoms with Crippen LogP contribution in [0.4, 0.5) is 5.69 Å². The van der Waals surface area contributed by atoms with E-state index in [0.29, 0.717) is 29.4 Å². The van der Waals surface area contributed by atoms with Crippen molar-refractivity contribution in [1.29, 1.82) is 0 Å². The minimum absolute atomic E-state index is 0.0720. The number of aromatic nitrogens is 1. The van der Waals surface area contributed by atoms with E-state index < -0.39 is 0 Å². The molecule has 2 amide bonds. The van der Waals surface area contributed by atoms with E-state index in [0.717, 1.165) is 10.7 Å². The van der Waals surface area contributed by atoms with E-state index in [1.54, 1.807) is 74.0 Å². The predicted octanol–water partition coefficient (Wildman–Crippen LogP) is 3.75. The summed E-state index contributed by atoms with van der Waals surface area (Å²) in [5, 5.41) is 5.71. The third-order valence-electron chi connectivity index (χ3n) is 4.24. The Balaban J connectivity index is 1.52. The summed E-state index contributed by atoms with van der Waals surface area (Å²) >= 11 is 1.58. The van der Waals surface area contributed by atoms with Gasteiger partial charge in [-0.15, -0.1) is 11.3 Å². The Morgan fingerprint density at radius 3 is 2.57 bits per heavy atom. The van der Waals surface area contributed by atoms with Crippen LogP contribution in [0.5, 0.6) is 11.5 Å². The number of hydrogen-bond donors (Lipinski definition) is 1. The van der Waals surface area contributed by atoms with Crippen molar-refractivity contribution in [2.24, 2.45) is 0 Å². The molecule has 0 bridgehead atoms. The molecule has 3 rings (SSSR count). The quantitative estimate of drug-likeness (QED) is 0.595. The van der Waals surface area contributed by atoms with E-state index in [2.05, 4.69) is 10.3 Å². The lowest BCUT2D eigenvalue weighted by Crippen LogP contribution is -2.34. The van der Waals surface area contributed by atoms with Crippen LogP contribution in [0.15, 0.2) is 53.9 Å². The molecule has 1 N–H and O–H groups in total. The average Bonchev–Trinajstić information content (AvgIpc) is 3.17. The van der Waals surface area contributed by atoms with E-state index in [4.69, 9.17) is 9.47 Å². The number of nitrogens with zero attached hydrogens (tertiary/aromatic N) is 2. The Hall–Kier alpha value is -3.39. The van der Waals surface area contributed by atoms with E-state index in [1.807, 2.05) is 12.3 Å². The minimum Gasteiger partial charge on any atom is -0.497 e. The molecule has 0 atom stereocenters. The summed E-state index contributed by atoms with van der Waals surface area (Å²) in [5.74, 6) is 0.746. The number of carbonyl (C=O) groups is 2. The number of rotatable bonds is 8. The number of carbonyl (C=O) groups excluding carboxylic acids is 2. The van der Waals surface area contributed by atoms with Gasteiger partial charge in [-0.3, -0.25) is 9.59 Å². The number of hydrogen-bond acceptors (Lipinski definition) is 6. The number of methoxy groups -OCH3 is 1. The highest BCUT2D eigenvalue weighted by Crippen LogP contribution is 2.18. The summed E-state index contributed by atoms with van der Waals surface area (Å²) in [6, 6.07) is 13.9. The van der Waals surface area contributed by atoms with Crippen molar-refractivity contribution >= 4 is 28.8 Å². The zero-order chi connectivity index (χ0) is 21.5. The van der Waals surface area contributed by atoms with Gasteiger partial charge in [0, 0.05) is 29.7 Å². The molecule has 0 unspecified atom stereocenters. The fourth-order valence-corrected chi connectivity index (χ4v) is 3.33. The lowest BCUT2D eigenvalue weighted by Gasteiger charge is -2.17. The molecule has 156 valence electrons. The molecule has 0 aliphatic carbocycles. The van der Waals surface area contributed by atoms with Crippen molar-refractivity contribution in [1.82, 2.24) is 9.88 Å². The van der Waals surface area contributed by atoms with Gasteiger partial charge in [0.25, 0.3) is 5.91 Å². The highest BCUT2D eigenvalue weighted by atomic mass is 32.1. The summed E-state index contributed by atoms with van der Waals surface area (Å²) in [7, 11) is 3.14. The van der Waals surface area contributed by atoms with E-state index >= 15 is 0 Å². The van der Waals surface area contributed by atoms with Gasteiger partial charge >= 0.3 is 0 Å². The highest BCUT2D eigenvalue weighted by Gasteiger charge is 2.15. The standard InChI is InChI=1S/C22H23N3O4S/c1-15-23-18(14-30-15)13-29-19-9-7-16(8-10-19)22(27)25(2)12-21(26)24-17-5-4-6-20(11-17)28-3/h4-11,14H,12-13H2,1-3H3,(H,24,26). The van der Waals surface area contributed by atoms with Gasteiger partial charge in [0.15, 0.2) is 0 Å². The number of aryl methyl sites for hydroxylation is 1. The van der Waals surface area contributed by atoms with E-state index in [-0.39, 0.29) is 18.4 Å². The average molecular weight is 426 g/mol. The van der Waals surface area contributed by atoms with Crippen molar-refractivity contribution in [3.63, 3.8) is 0 Å². The Bertz CT molecular complexity index is 1020. The maximum Gasteiger partial charge on any atom is 0.254 e. The number of anilines is 1. The first-order valence-electron chi connectivity index (χ1n) is 9.28. The Labute approximate surface area is 179 Å². The summed E-state index contributed by atoms with van der Waals surface area (Å²) in [5.41, 5.74) is 1.96. The van der Waals surface area contributed by atoms with Crippen LogP contribution in [-0.4, -0.2) is 42.4 Å². The minimum atomic E-state index is -0.294. The third-order valence-corrected chi connectivity index (χ3v) is 5.06. The van der Waals surface area contributed by atoms with Gasteiger partial charge in [-0.05, 0) is 43.3 Å². The van der Waals surface area contributed by atoms with E-state index in [1.165, 1.54) is 4.90 Å². The Morgan fingerprint density at radius 2 is 1.90 bits per heavy atom. The number of likely N-dealkylation sites (N-methyl/N-ethyl adjacent to an activating group) is 1. The molecule has 7 nitrogen and oxygen atoms in total. The lowest BCUT2D eigenvalue weighted by atomic mass is 10.2. The van der Waals surface area contributed by atoms with Gasteiger partial charge in [-0.25, -0.2) is 4.98 Å². The molecule has 1 heterocycles. The molecule has 0 spiro atoms. The first-order chi connectivity index (χ1) is 14.4. The lowest BCUT2D eigenvalue weighted by molar-refractivity contribution is -0.116. The van der Waals surface area contributed by atoms with Crippen molar-refractivity contribution in [2.75, 3.05) is 26.0 Å². The third kappa shape index (κ3) is 5.81. The second kappa shape index (κ2) is 9.89. The fourth-order valence-electron chi connectivity index (χ4n) is 2.73. The molecule has 0 aliphatic rings. The van der Waals surface area contributed by atoms with Crippen molar-refractivity contribution in [3.05, 3.63) is 70.2 Å². The number of nitrogens with one attached hydrogen (secondary N) is 1. The monoisotopic (exact) mass is 425 g/mol. The molecule has 1 aromatic heterocycles. The van der Waals surface area contributed by atoms with Gasteiger partial charge in [0.05, 0.1) is 24.4 Å². The number of thiazole rings is 1. The van der Waals surface area contributed by atoms with E-state index in [9.17, 15) is 9.59 Å². The molecule has 8 heteroatoms. The summed E-state index contributed by atoms with van der Waals surface area (Å²) in [6.45, 7) is 2.25. The number of amides is 2. The van der Waals surface area contributed by atoms with Crippen molar-refractivity contribution in [3.8, 4) is 11.5 Å². The van der Waals surface area contributed by atoms with Gasteiger partial charge in [-0.2, -0.15) is 0 Å². The number of benzene rings is 2. The molecule has 2 aromatic carbocycles. The SMILES string of the molecule is COc1cccc(NC(=O)CN(C)C(=O)c2ccc(OCc3csc(C)n3)cc2)c1. The fraction of sp³-hybridized carbons (Fsp3) is 0.227. The van der Waals surface area contributed by atoms with Crippen LogP contribution in [0, 0.1) is 6.92 Å². The first kappa shape index (κ1) is 21.3. The first-order valence-corrected chi connectivity index (χ1v) is 10.2. The predicted molar refractivity (Wildman–Crippen MR) is 116 cm³/mol. The Morgan fingerprint density at radius 1 is 1.13 bits per heavy atom. The van der Waals surface area contributed by atoms with Crippen LogP contribution in [0.1, 0.15) is 21.1 Å². The topological polar surface area (TPSA) is 80.8 Å². The molecule has 0 radical (unpaired) electrons. The maximum atomic E-state index is 12.6. The molecular formula is C22H23N3O4S. The number of ether oxygens (including phenoxy) is 2. The van der Waals surface area contributed by atoms with Crippen LogP contribution < -0.4 is 14.8 Å². The maximum absolute atomic E-state index is 12.6. The summed E-state index contributed by atoms with van der Waals surface area (Å²) < 4.78 is 10.8. The largest absolute Gasteiger partial charge is 0.497 e. The summed E-state index contributed by atoms with van der Waals surface area (Å²) in [4.78, 5) is 30.6. The van der Waals surface area contributed by atoms with Crippen LogP contribution in [0.3, 0.4) is 0 Å². The molecule has 0 fully saturated rings. The van der Waals surface area contributed by atoms with Crippen molar-refractivity contribution < 1.29 is 19.1 Å². The van der Waals surface area contributed by atoms with Gasteiger partial charge in [0.2, 0.25) is 5.91 Å². The Kier molecular flexibility index (Phi) is 7.03. The highest BCUT2D eigenvalue weighted by molar-refractivity contribution is 7.09. The summed E-state index contributed by atoms with van der Waals surface area (Å²) in [6.07, 6.45) is 0. The van der Waals surface area contributed by atoms with Crippen LogP contribution in [-0.2, 0) is 11.4 Å². The molecule has 30 heavy (non-hydrogen) atoms. The van der Waals surface area contributed by atoms with Gasteiger partial charge in [0.1, 0.15) is 18.1 Å². The second-order valence-electron chi connectivity index (χ2n) is 6.61. The molecular weight excluding hydrogens is 402 g/mol. The van der Waals surface area contributed by atoms with Gasteiger partial charge in [-0.1, -0.05) is 6.07 Å². The zero-order valence-corrected chi connectivity index (χ0v) is 17.9. The molecule has 3 aromatic rings. The molecule has 0 saturated heterocycles. The van der Waals surface area contributed by atoms with Crippen molar-refractivity contribution in [2.45, 2.75) is 13.5 Å². The smallest absolute Gasteiger partial charge is 0.254 e. The van der Waals surface area contributed by atoms with Crippen LogP contribution in [0.2, 0.25) is 0 Å². The molecule has 0 aliphatic heterocycles. The zero-order valence-electron chi connectivity index (χ0n) is 17.0. The van der Waals surface area contributed by atoms with Gasteiger partial charge < -0.3 is 19.7 Å². The molecule has 0 saturated carbocycles.